The number of carbonyl (C=O) groups excluding carboxylic acids is 2. The fourth-order valence-corrected chi connectivity index (χ4v) is 3.65. The van der Waals surface area contributed by atoms with Crippen LogP contribution in [0.3, 0.4) is 0 Å². The largest absolute Gasteiger partial charge is 0.383 e. The summed E-state index contributed by atoms with van der Waals surface area (Å²) in [5.41, 5.74) is 4.61. The molecule has 1 aromatic carbocycles. The normalized spacial score (nSPS) is 13.4. The van der Waals surface area contributed by atoms with Crippen molar-refractivity contribution < 1.29 is 18.8 Å². The van der Waals surface area contributed by atoms with E-state index in [9.17, 15) is 9.59 Å². The van der Waals surface area contributed by atoms with Crippen molar-refractivity contribution in [1.29, 1.82) is 0 Å². The maximum atomic E-state index is 13.0. The van der Waals surface area contributed by atoms with Crippen LogP contribution in [0.1, 0.15) is 46.4 Å². The molecule has 0 bridgehead atoms. The van der Waals surface area contributed by atoms with Crippen LogP contribution in [0.4, 0.5) is 0 Å². The Morgan fingerprint density at radius 2 is 1.90 bits per heavy atom. The molecule has 0 spiro atoms. The molecule has 29 heavy (non-hydrogen) atoms. The predicted octanol–water partition coefficient (Wildman–Crippen LogP) is 3.02. The van der Waals surface area contributed by atoms with Crippen molar-refractivity contribution in [1.82, 2.24) is 15.4 Å². The van der Waals surface area contributed by atoms with Crippen molar-refractivity contribution >= 4 is 11.8 Å². The molecule has 1 saturated carbocycles. The van der Waals surface area contributed by atoms with E-state index < -0.39 is 0 Å². The van der Waals surface area contributed by atoms with Crippen molar-refractivity contribution in [2.24, 2.45) is 0 Å². The second-order valence-corrected chi connectivity index (χ2v) is 7.67. The lowest BCUT2D eigenvalue weighted by Gasteiger charge is -2.20. The van der Waals surface area contributed by atoms with Crippen LogP contribution in [0.5, 0.6) is 0 Å². The molecule has 0 saturated heterocycles. The number of ether oxygens (including phenoxy) is 1. The van der Waals surface area contributed by atoms with E-state index in [0.29, 0.717) is 25.5 Å². The molecule has 3 rings (SSSR count). The predicted molar refractivity (Wildman–Crippen MR) is 110 cm³/mol. The fourth-order valence-electron chi connectivity index (χ4n) is 3.65. The standard InChI is InChI=1S/C22H29N3O4/c1-14-11-15(2)21(16(3)12-14)19-13-18(24-29-19)22(27)25(17-5-6-17)9-7-20(26)23-8-10-28-4/h11-13,17H,5-10H2,1-4H3,(H,23,26). The molecule has 1 aliphatic rings. The molecule has 2 amide bonds. The summed E-state index contributed by atoms with van der Waals surface area (Å²) in [4.78, 5) is 26.7. The van der Waals surface area contributed by atoms with Gasteiger partial charge in [-0.3, -0.25) is 9.59 Å². The van der Waals surface area contributed by atoms with Gasteiger partial charge in [-0.1, -0.05) is 22.9 Å². The minimum Gasteiger partial charge on any atom is -0.383 e. The molecule has 1 fully saturated rings. The highest BCUT2D eigenvalue weighted by molar-refractivity contribution is 5.94. The molecule has 2 aromatic rings. The third-order valence-corrected chi connectivity index (χ3v) is 5.11. The molecular formula is C22H29N3O4. The van der Waals surface area contributed by atoms with E-state index in [4.69, 9.17) is 9.26 Å². The number of carbonyl (C=O) groups is 2. The lowest BCUT2D eigenvalue weighted by atomic mass is 9.98. The fraction of sp³-hybridized carbons (Fsp3) is 0.500. The van der Waals surface area contributed by atoms with Gasteiger partial charge in [0.05, 0.1) is 6.61 Å². The van der Waals surface area contributed by atoms with Crippen molar-refractivity contribution in [2.45, 2.75) is 46.1 Å². The summed E-state index contributed by atoms with van der Waals surface area (Å²) in [5.74, 6) is 0.318. The summed E-state index contributed by atoms with van der Waals surface area (Å²) >= 11 is 0. The van der Waals surface area contributed by atoms with Gasteiger partial charge in [0.15, 0.2) is 11.5 Å². The number of amides is 2. The summed E-state index contributed by atoms with van der Waals surface area (Å²) in [5, 5.41) is 6.82. The molecule has 0 radical (unpaired) electrons. The van der Waals surface area contributed by atoms with Crippen LogP contribution >= 0.6 is 0 Å². The van der Waals surface area contributed by atoms with Crippen LogP contribution in [0.25, 0.3) is 11.3 Å². The maximum Gasteiger partial charge on any atom is 0.276 e. The van der Waals surface area contributed by atoms with Gasteiger partial charge in [-0.25, -0.2) is 0 Å². The Hall–Kier alpha value is -2.67. The Kier molecular flexibility index (Phi) is 6.69. The van der Waals surface area contributed by atoms with Crippen LogP contribution in [-0.2, 0) is 9.53 Å². The Morgan fingerprint density at radius 3 is 2.52 bits per heavy atom. The number of aryl methyl sites for hydroxylation is 3. The average molecular weight is 399 g/mol. The van der Waals surface area contributed by atoms with Gasteiger partial charge in [0.1, 0.15) is 0 Å². The number of nitrogens with zero attached hydrogens (tertiary/aromatic N) is 2. The molecular weight excluding hydrogens is 370 g/mol. The van der Waals surface area contributed by atoms with E-state index in [0.717, 1.165) is 29.5 Å². The van der Waals surface area contributed by atoms with E-state index in [2.05, 4.69) is 29.5 Å². The lowest BCUT2D eigenvalue weighted by molar-refractivity contribution is -0.121. The van der Waals surface area contributed by atoms with Gasteiger partial charge in [0.25, 0.3) is 5.91 Å². The minimum atomic E-state index is -0.186. The quantitative estimate of drug-likeness (QED) is 0.655. The third-order valence-electron chi connectivity index (χ3n) is 5.11. The smallest absolute Gasteiger partial charge is 0.276 e. The van der Waals surface area contributed by atoms with Crippen molar-refractivity contribution in [2.75, 3.05) is 26.8 Å². The number of hydrogen-bond acceptors (Lipinski definition) is 5. The summed E-state index contributed by atoms with van der Waals surface area (Å²) in [6.07, 6.45) is 2.17. The molecule has 1 heterocycles. The Balaban J connectivity index is 1.70. The van der Waals surface area contributed by atoms with Gasteiger partial charge >= 0.3 is 0 Å². The summed E-state index contributed by atoms with van der Waals surface area (Å²) < 4.78 is 10.5. The second kappa shape index (κ2) is 9.22. The molecule has 7 nitrogen and oxygen atoms in total. The van der Waals surface area contributed by atoms with Crippen molar-refractivity contribution in [3.05, 3.63) is 40.6 Å². The average Bonchev–Trinajstić information content (AvgIpc) is 3.38. The van der Waals surface area contributed by atoms with Crippen molar-refractivity contribution in [3.63, 3.8) is 0 Å². The number of methoxy groups -OCH3 is 1. The van der Waals surface area contributed by atoms with E-state index in [1.807, 2.05) is 13.8 Å². The zero-order chi connectivity index (χ0) is 21.0. The van der Waals surface area contributed by atoms with Crippen LogP contribution in [0, 0.1) is 20.8 Å². The monoisotopic (exact) mass is 399 g/mol. The van der Waals surface area contributed by atoms with E-state index >= 15 is 0 Å². The maximum absolute atomic E-state index is 13.0. The van der Waals surface area contributed by atoms with Gasteiger partial charge < -0.3 is 19.5 Å². The van der Waals surface area contributed by atoms with Gasteiger partial charge in [-0.05, 0) is 44.7 Å². The summed E-state index contributed by atoms with van der Waals surface area (Å²) in [7, 11) is 1.59. The molecule has 0 atom stereocenters. The van der Waals surface area contributed by atoms with Crippen LogP contribution < -0.4 is 5.32 Å². The van der Waals surface area contributed by atoms with Gasteiger partial charge in [0.2, 0.25) is 5.91 Å². The molecule has 0 unspecified atom stereocenters. The highest BCUT2D eigenvalue weighted by Gasteiger charge is 2.34. The number of rotatable bonds is 9. The second-order valence-electron chi connectivity index (χ2n) is 7.67. The van der Waals surface area contributed by atoms with Gasteiger partial charge in [-0.2, -0.15) is 0 Å². The van der Waals surface area contributed by atoms with Gasteiger partial charge in [0, 0.05) is 44.3 Å². The SMILES string of the molecule is COCCNC(=O)CCN(C(=O)c1cc(-c2c(C)cc(C)cc2C)on1)C1CC1. The van der Waals surface area contributed by atoms with Gasteiger partial charge in [-0.15, -0.1) is 0 Å². The van der Waals surface area contributed by atoms with Crippen molar-refractivity contribution in [3.8, 4) is 11.3 Å². The number of benzene rings is 1. The topological polar surface area (TPSA) is 84.7 Å². The van der Waals surface area contributed by atoms with E-state index in [-0.39, 0.29) is 30.0 Å². The molecule has 7 heteroatoms. The highest BCUT2D eigenvalue weighted by atomic mass is 16.5. The third kappa shape index (κ3) is 5.23. The Morgan fingerprint density at radius 1 is 1.21 bits per heavy atom. The zero-order valence-electron chi connectivity index (χ0n) is 17.6. The molecule has 0 aliphatic heterocycles. The summed E-state index contributed by atoms with van der Waals surface area (Å²) in [6.45, 7) is 7.41. The molecule has 156 valence electrons. The first-order valence-electron chi connectivity index (χ1n) is 10.0. The number of nitrogens with one attached hydrogen (secondary N) is 1. The Labute approximate surface area is 171 Å². The van der Waals surface area contributed by atoms with Crippen LogP contribution in [0.15, 0.2) is 22.7 Å². The first kappa shape index (κ1) is 21.0. The first-order valence-corrected chi connectivity index (χ1v) is 10.0. The number of hydrogen-bond donors (Lipinski definition) is 1. The molecule has 1 N–H and O–H groups in total. The Bertz CT molecular complexity index is 863. The number of aromatic nitrogens is 1. The zero-order valence-corrected chi connectivity index (χ0v) is 17.6. The van der Waals surface area contributed by atoms with Crippen LogP contribution in [0.2, 0.25) is 0 Å². The van der Waals surface area contributed by atoms with Crippen LogP contribution in [-0.4, -0.2) is 54.7 Å². The van der Waals surface area contributed by atoms with E-state index in [1.54, 1.807) is 18.1 Å². The molecule has 1 aromatic heterocycles. The summed E-state index contributed by atoms with van der Waals surface area (Å²) in [6, 6.07) is 6.06. The minimum absolute atomic E-state index is 0.0905. The molecule has 1 aliphatic carbocycles. The highest BCUT2D eigenvalue weighted by Crippen LogP contribution is 2.31. The lowest BCUT2D eigenvalue weighted by Crippen LogP contribution is -2.37. The first-order chi connectivity index (χ1) is 13.9. The van der Waals surface area contributed by atoms with E-state index in [1.165, 1.54) is 5.56 Å².